The Morgan fingerprint density at radius 3 is 2.38 bits per heavy atom. The fourth-order valence-corrected chi connectivity index (χ4v) is 3.90. The van der Waals surface area contributed by atoms with E-state index in [1.165, 1.54) is 43.0 Å². The minimum absolute atomic E-state index is 0.0948. The van der Waals surface area contributed by atoms with E-state index in [-0.39, 0.29) is 18.0 Å². The van der Waals surface area contributed by atoms with Crippen molar-refractivity contribution in [2.75, 3.05) is 13.1 Å². The number of piperidine rings is 1. The van der Waals surface area contributed by atoms with Crippen LogP contribution in [0, 0.1) is 6.92 Å². The van der Waals surface area contributed by atoms with Gasteiger partial charge in [-0.15, -0.1) is 0 Å². The van der Waals surface area contributed by atoms with Gasteiger partial charge in [-0.1, -0.05) is 42.5 Å². The second-order valence-corrected chi connectivity index (χ2v) is 8.94. The molecule has 1 amide bonds. The number of carboxylic acid groups (broad SMARTS) is 1. The van der Waals surface area contributed by atoms with E-state index in [0.717, 1.165) is 17.5 Å². The van der Waals surface area contributed by atoms with Crippen LogP contribution in [0.1, 0.15) is 55.4 Å². The van der Waals surface area contributed by atoms with Gasteiger partial charge in [-0.25, -0.2) is 9.59 Å². The fraction of sp³-hybridized carbons (Fsp3) is 0.440. The predicted molar refractivity (Wildman–Crippen MR) is 119 cm³/mol. The number of nitrogens with zero attached hydrogens (tertiary/aromatic N) is 1. The Morgan fingerprint density at radius 1 is 1.12 bits per heavy atom. The molecule has 0 aromatic heterocycles. The molecule has 9 heteroatoms. The number of ether oxygens (including phenoxy) is 2. The molecular weight excluding hydrogens is 451 g/mol. The first-order valence-corrected chi connectivity index (χ1v) is 11.0. The van der Waals surface area contributed by atoms with Gasteiger partial charge in [0, 0.05) is 24.6 Å². The van der Waals surface area contributed by atoms with E-state index in [9.17, 15) is 27.9 Å². The number of likely N-dealkylation sites (tertiary alicyclic amines) is 1. The molecular formula is C25H28F3NO5. The van der Waals surface area contributed by atoms with Crippen molar-refractivity contribution in [3.63, 3.8) is 0 Å². The molecule has 1 aliphatic heterocycles. The molecule has 1 N–H and O–H groups in total. The van der Waals surface area contributed by atoms with Crippen LogP contribution in [0.15, 0.2) is 48.5 Å². The highest BCUT2D eigenvalue weighted by Gasteiger charge is 2.45. The van der Waals surface area contributed by atoms with Gasteiger partial charge >= 0.3 is 18.2 Å². The van der Waals surface area contributed by atoms with E-state index < -0.39 is 29.9 Å². The molecule has 2 unspecified atom stereocenters. The van der Waals surface area contributed by atoms with E-state index in [4.69, 9.17) is 9.47 Å². The van der Waals surface area contributed by atoms with Crippen LogP contribution < -0.4 is 4.74 Å². The van der Waals surface area contributed by atoms with Gasteiger partial charge in [-0.3, -0.25) is 0 Å². The van der Waals surface area contributed by atoms with Crippen LogP contribution in [0.25, 0.3) is 0 Å². The number of carbonyl (C=O) groups is 2. The second-order valence-electron chi connectivity index (χ2n) is 8.94. The minimum atomic E-state index is -4.73. The van der Waals surface area contributed by atoms with Gasteiger partial charge in [-0.2, -0.15) is 13.2 Å². The Morgan fingerprint density at radius 2 is 1.79 bits per heavy atom. The van der Waals surface area contributed by atoms with Crippen molar-refractivity contribution in [1.82, 2.24) is 4.90 Å². The highest BCUT2D eigenvalue weighted by molar-refractivity contribution is 5.76. The van der Waals surface area contributed by atoms with Crippen LogP contribution in [0.2, 0.25) is 0 Å². The summed E-state index contributed by atoms with van der Waals surface area (Å²) in [6.07, 6.45) is -6.70. The lowest BCUT2D eigenvalue weighted by atomic mass is 9.90. The summed E-state index contributed by atoms with van der Waals surface area (Å²) in [5.74, 6) is -0.758. The average Bonchev–Trinajstić information content (AvgIpc) is 2.78. The molecule has 34 heavy (non-hydrogen) atoms. The topological polar surface area (TPSA) is 76.1 Å². The lowest BCUT2D eigenvalue weighted by Crippen LogP contribution is -2.41. The van der Waals surface area contributed by atoms with Gasteiger partial charge in [-0.05, 0) is 50.8 Å². The lowest BCUT2D eigenvalue weighted by molar-refractivity contribution is -0.209. The third-order valence-electron chi connectivity index (χ3n) is 5.85. The summed E-state index contributed by atoms with van der Waals surface area (Å²) in [6.45, 7) is 5.23. The number of carbonyl (C=O) groups excluding carboxylic acids is 1. The van der Waals surface area contributed by atoms with E-state index >= 15 is 0 Å². The summed E-state index contributed by atoms with van der Waals surface area (Å²) in [5, 5.41) is 9.27. The normalized spacial score (nSPS) is 17.7. The molecule has 184 valence electrons. The number of rotatable bonds is 6. The number of carboxylic acids is 1. The molecule has 2 aromatic carbocycles. The van der Waals surface area contributed by atoms with Crippen molar-refractivity contribution < 1.29 is 37.3 Å². The van der Waals surface area contributed by atoms with Crippen molar-refractivity contribution >= 4 is 12.1 Å². The molecule has 6 nitrogen and oxygen atoms in total. The largest absolute Gasteiger partial charge is 0.478 e. The number of hydrogen-bond donors (Lipinski definition) is 1. The van der Waals surface area contributed by atoms with Crippen molar-refractivity contribution in [1.29, 1.82) is 0 Å². The molecule has 2 aromatic rings. The van der Waals surface area contributed by atoms with Crippen molar-refractivity contribution in [2.24, 2.45) is 0 Å². The zero-order valence-corrected chi connectivity index (χ0v) is 19.3. The molecule has 0 spiro atoms. The first-order valence-electron chi connectivity index (χ1n) is 11.0. The van der Waals surface area contributed by atoms with Gasteiger partial charge in [0.25, 0.3) is 0 Å². The maximum Gasteiger partial charge on any atom is 0.429 e. The smallest absolute Gasteiger partial charge is 0.429 e. The maximum absolute atomic E-state index is 13.6. The number of aryl methyl sites for hydroxylation is 1. The van der Waals surface area contributed by atoms with Crippen LogP contribution in [0.4, 0.5) is 18.0 Å². The van der Waals surface area contributed by atoms with Crippen LogP contribution in [-0.2, 0) is 9.53 Å². The molecule has 3 rings (SSSR count). The van der Waals surface area contributed by atoms with Gasteiger partial charge in [0.05, 0.1) is 0 Å². The number of hydrogen-bond acceptors (Lipinski definition) is 4. The molecule has 1 saturated heterocycles. The van der Waals surface area contributed by atoms with Gasteiger partial charge in [0.2, 0.25) is 6.10 Å². The van der Waals surface area contributed by atoms with Crippen molar-refractivity contribution in [3.8, 4) is 5.75 Å². The monoisotopic (exact) mass is 479 g/mol. The summed E-state index contributed by atoms with van der Waals surface area (Å²) in [7, 11) is 0. The van der Waals surface area contributed by atoms with E-state index in [2.05, 4.69) is 0 Å². The standard InChI is InChI=1S/C25H28F3NO5/c1-16-14-18(11-12-20(16)34-24(2,3)22(30)31)19-10-7-13-29(15-19)23(32)33-21(25(26,27)28)17-8-5-4-6-9-17/h4-6,8-9,11-12,14,19,21H,7,10,13,15H2,1-3H3,(H,30,31). The summed E-state index contributed by atoms with van der Waals surface area (Å²) >= 11 is 0. The quantitative estimate of drug-likeness (QED) is 0.562. The molecule has 1 heterocycles. The van der Waals surface area contributed by atoms with E-state index in [0.29, 0.717) is 18.7 Å². The Balaban J connectivity index is 1.71. The molecule has 2 atom stereocenters. The van der Waals surface area contributed by atoms with Crippen LogP contribution in [0.3, 0.4) is 0 Å². The Bertz CT molecular complexity index is 1020. The number of aliphatic carboxylic acids is 1. The summed E-state index contributed by atoms with van der Waals surface area (Å²) in [5.41, 5.74) is 0.0943. The van der Waals surface area contributed by atoms with E-state index in [1.54, 1.807) is 25.1 Å². The first-order chi connectivity index (χ1) is 15.9. The highest BCUT2D eigenvalue weighted by Crippen LogP contribution is 2.37. The molecule has 0 aliphatic carbocycles. The maximum atomic E-state index is 13.6. The molecule has 1 aliphatic rings. The predicted octanol–water partition coefficient (Wildman–Crippen LogP) is 5.86. The third kappa shape index (κ3) is 6.01. The average molecular weight is 479 g/mol. The molecule has 1 fully saturated rings. The molecule has 0 radical (unpaired) electrons. The lowest BCUT2D eigenvalue weighted by Gasteiger charge is -2.34. The van der Waals surface area contributed by atoms with Crippen molar-refractivity contribution in [2.45, 2.75) is 57.4 Å². The summed E-state index contributed by atoms with van der Waals surface area (Å²) in [4.78, 5) is 25.3. The number of halogens is 3. The van der Waals surface area contributed by atoms with Gasteiger partial charge in [0.15, 0.2) is 5.60 Å². The Hall–Kier alpha value is -3.23. The number of amides is 1. The SMILES string of the molecule is Cc1cc(C2CCCN(C(=O)OC(c3ccccc3)C(F)(F)F)C2)ccc1OC(C)(C)C(=O)O. The zero-order valence-electron chi connectivity index (χ0n) is 19.3. The summed E-state index contributed by atoms with van der Waals surface area (Å²) < 4.78 is 51.3. The first kappa shape index (κ1) is 25.4. The van der Waals surface area contributed by atoms with Crippen LogP contribution in [0.5, 0.6) is 5.75 Å². The molecule has 0 bridgehead atoms. The van der Waals surface area contributed by atoms with E-state index in [1.807, 2.05) is 6.07 Å². The van der Waals surface area contributed by atoms with Gasteiger partial charge < -0.3 is 19.5 Å². The Kier molecular flexibility index (Phi) is 7.43. The zero-order chi connectivity index (χ0) is 25.1. The fourth-order valence-electron chi connectivity index (χ4n) is 3.90. The van der Waals surface area contributed by atoms with Crippen molar-refractivity contribution in [3.05, 3.63) is 65.2 Å². The Labute approximate surface area is 196 Å². The van der Waals surface area contributed by atoms with Crippen LogP contribution >= 0.6 is 0 Å². The number of alkyl halides is 3. The highest BCUT2D eigenvalue weighted by atomic mass is 19.4. The summed E-state index contributed by atoms with van der Waals surface area (Å²) in [6, 6.07) is 12.4. The minimum Gasteiger partial charge on any atom is -0.478 e. The number of benzene rings is 2. The third-order valence-corrected chi connectivity index (χ3v) is 5.85. The van der Waals surface area contributed by atoms with Gasteiger partial charge in [0.1, 0.15) is 5.75 Å². The molecule has 0 saturated carbocycles. The van der Waals surface area contributed by atoms with Crippen LogP contribution in [-0.4, -0.2) is 46.9 Å². The second kappa shape index (κ2) is 9.95.